The zero-order valence-corrected chi connectivity index (χ0v) is 13.9. The van der Waals surface area contributed by atoms with Crippen molar-refractivity contribution in [2.24, 2.45) is 11.5 Å². The van der Waals surface area contributed by atoms with Gasteiger partial charge in [0.2, 0.25) is 11.8 Å². The number of carbonyl (C=O) groups is 2. The van der Waals surface area contributed by atoms with E-state index >= 15 is 0 Å². The Hall–Kier alpha value is -2.88. The third-order valence-electron chi connectivity index (χ3n) is 3.82. The van der Waals surface area contributed by atoms with Gasteiger partial charge in [0.25, 0.3) is 0 Å². The summed E-state index contributed by atoms with van der Waals surface area (Å²) in [7, 11) is 0. The van der Waals surface area contributed by atoms with E-state index in [0.29, 0.717) is 59.1 Å². The van der Waals surface area contributed by atoms with Crippen LogP contribution in [-0.4, -0.2) is 11.8 Å². The molecular formula is C20H24N2O2. The molecule has 0 saturated heterocycles. The van der Waals surface area contributed by atoms with Gasteiger partial charge in [0.05, 0.1) is 0 Å². The predicted octanol–water partition coefficient (Wildman–Crippen LogP) is 2.80. The molecule has 0 atom stereocenters. The van der Waals surface area contributed by atoms with Crippen LogP contribution in [0.5, 0.6) is 0 Å². The smallest absolute Gasteiger partial charge is 0.249 e. The van der Waals surface area contributed by atoms with Crippen LogP contribution in [0.3, 0.4) is 0 Å². The summed E-state index contributed by atoms with van der Waals surface area (Å²) in [5.41, 5.74) is 14.8. The van der Waals surface area contributed by atoms with E-state index in [1.165, 1.54) is 0 Å². The number of nitrogens with two attached hydrogens (primary N) is 2. The number of allylic oxidation sites excluding steroid dienone is 4. The number of hydrogen-bond acceptors (Lipinski definition) is 2. The number of carbonyl (C=O) groups excluding carboxylic acids is 2. The van der Waals surface area contributed by atoms with Crippen molar-refractivity contribution in [1.29, 1.82) is 0 Å². The second-order valence-corrected chi connectivity index (χ2v) is 5.36. The fourth-order valence-electron chi connectivity index (χ4n) is 3.04. The molecular weight excluding hydrogens is 300 g/mol. The monoisotopic (exact) mass is 324 g/mol. The van der Waals surface area contributed by atoms with Crippen molar-refractivity contribution in [2.75, 3.05) is 0 Å². The van der Waals surface area contributed by atoms with Gasteiger partial charge >= 0.3 is 0 Å². The number of rotatable bonds is 10. The van der Waals surface area contributed by atoms with Gasteiger partial charge in [-0.1, -0.05) is 24.3 Å². The summed E-state index contributed by atoms with van der Waals surface area (Å²) in [5, 5.41) is 0. The Morgan fingerprint density at radius 3 is 0.958 bits per heavy atom. The average molecular weight is 324 g/mol. The van der Waals surface area contributed by atoms with Gasteiger partial charge in [-0.3, -0.25) is 9.59 Å². The lowest BCUT2D eigenvalue weighted by molar-refractivity contribution is 0.0985. The maximum atomic E-state index is 12.2. The van der Waals surface area contributed by atoms with Crippen molar-refractivity contribution >= 4 is 11.8 Å². The molecule has 24 heavy (non-hydrogen) atoms. The zero-order valence-electron chi connectivity index (χ0n) is 13.9. The van der Waals surface area contributed by atoms with Crippen LogP contribution >= 0.6 is 0 Å². The molecule has 0 radical (unpaired) electrons. The van der Waals surface area contributed by atoms with Crippen LogP contribution in [0.1, 0.15) is 43.0 Å². The highest BCUT2D eigenvalue weighted by Crippen LogP contribution is 2.31. The molecule has 0 aliphatic heterocycles. The maximum absolute atomic E-state index is 12.2. The summed E-state index contributed by atoms with van der Waals surface area (Å²) in [6, 6.07) is 0. The van der Waals surface area contributed by atoms with Crippen LogP contribution in [-0.2, 0) is 25.7 Å². The first-order valence-corrected chi connectivity index (χ1v) is 7.67. The Labute approximate surface area is 143 Å². The summed E-state index contributed by atoms with van der Waals surface area (Å²) >= 11 is 0. The van der Waals surface area contributed by atoms with Crippen molar-refractivity contribution in [3.05, 3.63) is 84.0 Å². The third kappa shape index (κ3) is 3.71. The minimum Gasteiger partial charge on any atom is -0.366 e. The second-order valence-electron chi connectivity index (χ2n) is 5.36. The summed E-state index contributed by atoms with van der Waals surface area (Å²) in [6.45, 7) is 14.9. The number of hydrogen-bond donors (Lipinski definition) is 2. The molecule has 0 aliphatic rings. The minimum absolute atomic E-state index is 0.403. The largest absolute Gasteiger partial charge is 0.366 e. The van der Waals surface area contributed by atoms with Crippen LogP contribution in [0.25, 0.3) is 0 Å². The van der Waals surface area contributed by atoms with E-state index in [2.05, 4.69) is 26.3 Å². The van der Waals surface area contributed by atoms with Gasteiger partial charge in [-0.05, 0) is 47.9 Å². The fraction of sp³-hybridized carbons (Fsp3) is 0.200. The van der Waals surface area contributed by atoms with E-state index in [1.807, 2.05) is 0 Å². The second kappa shape index (κ2) is 8.67. The Balaban J connectivity index is 4.11. The van der Waals surface area contributed by atoms with Gasteiger partial charge in [0, 0.05) is 11.1 Å². The van der Waals surface area contributed by atoms with Gasteiger partial charge in [-0.25, -0.2) is 0 Å². The summed E-state index contributed by atoms with van der Waals surface area (Å²) < 4.78 is 0. The molecule has 0 fully saturated rings. The van der Waals surface area contributed by atoms with Crippen molar-refractivity contribution in [3.63, 3.8) is 0 Å². The normalized spacial score (nSPS) is 10.0. The first kappa shape index (κ1) is 19.2. The highest BCUT2D eigenvalue weighted by molar-refractivity contribution is 6.02. The molecule has 4 N–H and O–H groups in total. The van der Waals surface area contributed by atoms with E-state index in [1.54, 1.807) is 24.3 Å². The van der Waals surface area contributed by atoms with Crippen LogP contribution in [0.2, 0.25) is 0 Å². The topological polar surface area (TPSA) is 86.2 Å². The summed E-state index contributed by atoms with van der Waals surface area (Å²) in [6.07, 6.45) is 8.29. The van der Waals surface area contributed by atoms with E-state index < -0.39 is 11.8 Å². The molecule has 1 aromatic rings. The quantitative estimate of drug-likeness (QED) is 0.648. The van der Waals surface area contributed by atoms with E-state index in [9.17, 15) is 9.59 Å². The Morgan fingerprint density at radius 2 is 0.833 bits per heavy atom. The minimum atomic E-state index is -0.546. The lowest BCUT2D eigenvalue weighted by Gasteiger charge is -2.23. The number of amides is 2. The summed E-state index contributed by atoms with van der Waals surface area (Å²) in [5.74, 6) is -1.09. The molecule has 0 bridgehead atoms. The first-order chi connectivity index (χ1) is 11.4. The van der Waals surface area contributed by atoms with Crippen LogP contribution < -0.4 is 11.5 Å². The highest BCUT2D eigenvalue weighted by atomic mass is 16.1. The van der Waals surface area contributed by atoms with Gasteiger partial charge in [0.1, 0.15) is 0 Å². The molecule has 1 rings (SSSR count). The van der Waals surface area contributed by atoms with Crippen molar-refractivity contribution in [3.8, 4) is 0 Å². The highest BCUT2D eigenvalue weighted by Gasteiger charge is 2.26. The predicted molar refractivity (Wildman–Crippen MR) is 99.1 cm³/mol. The Kier molecular flexibility index (Phi) is 6.93. The standard InChI is InChI=1S/C20H24N2O2/c1-5-9-13-14(10-6-2)18(20(22)24)16(12-8-4)15(11-7-3)17(13)19(21)23/h5-8H,1-4,9-12H2,(H2,21,23)(H2,22,24). The molecule has 0 aliphatic carbocycles. The van der Waals surface area contributed by atoms with E-state index in [0.717, 1.165) is 0 Å². The molecule has 4 nitrogen and oxygen atoms in total. The average Bonchev–Trinajstić information content (AvgIpc) is 2.51. The van der Waals surface area contributed by atoms with Gasteiger partial charge in [-0.15, -0.1) is 26.3 Å². The molecule has 1 aromatic carbocycles. The lowest BCUT2D eigenvalue weighted by atomic mass is 9.81. The van der Waals surface area contributed by atoms with E-state index in [-0.39, 0.29) is 0 Å². The molecule has 0 spiro atoms. The molecule has 2 amide bonds. The maximum Gasteiger partial charge on any atom is 0.249 e. The molecule has 0 saturated carbocycles. The summed E-state index contributed by atoms with van der Waals surface area (Å²) in [4.78, 5) is 24.3. The molecule has 0 heterocycles. The fourth-order valence-corrected chi connectivity index (χ4v) is 3.04. The van der Waals surface area contributed by atoms with Gasteiger partial charge < -0.3 is 11.5 Å². The van der Waals surface area contributed by atoms with Gasteiger partial charge in [-0.2, -0.15) is 0 Å². The zero-order chi connectivity index (χ0) is 18.3. The SMILES string of the molecule is C=CCc1c(CC=C)c(C(N)=O)c(CC=C)c(CC=C)c1C(N)=O. The van der Waals surface area contributed by atoms with Gasteiger partial charge in [0.15, 0.2) is 0 Å². The van der Waals surface area contributed by atoms with E-state index in [4.69, 9.17) is 11.5 Å². The lowest BCUT2D eigenvalue weighted by Crippen LogP contribution is -2.25. The molecule has 4 heteroatoms. The Bertz CT molecular complexity index is 609. The third-order valence-corrected chi connectivity index (χ3v) is 3.82. The van der Waals surface area contributed by atoms with Crippen LogP contribution in [0, 0.1) is 0 Å². The molecule has 126 valence electrons. The number of primary amides is 2. The van der Waals surface area contributed by atoms with Crippen molar-refractivity contribution in [2.45, 2.75) is 25.7 Å². The number of benzene rings is 1. The van der Waals surface area contributed by atoms with Crippen molar-refractivity contribution < 1.29 is 9.59 Å². The molecule has 0 aromatic heterocycles. The van der Waals surface area contributed by atoms with Crippen LogP contribution in [0.15, 0.2) is 50.6 Å². The first-order valence-electron chi connectivity index (χ1n) is 7.67. The molecule has 0 unspecified atom stereocenters. The Morgan fingerprint density at radius 1 is 0.625 bits per heavy atom. The van der Waals surface area contributed by atoms with Crippen LogP contribution in [0.4, 0.5) is 0 Å². The van der Waals surface area contributed by atoms with Crippen molar-refractivity contribution in [1.82, 2.24) is 0 Å².